The molecular formula is C24H33N7O5S. The number of Topliss-reactive ketones (excluding diaryl/α,β-unsaturated/α-hetero) is 1. The summed E-state index contributed by atoms with van der Waals surface area (Å²) in [6, 6.07) is 0.414. The Labute approximate surface area is 219 Å². The van der Waals surface area contributed by atoms with E-state index in [0.717, 1.165) is 16.1 Å². The van der Waals surface area contributed by atoms with Gasteiger partial charge in [-0.3, -0.25) is 24.2 Å². The van der Waals surface area contributed by atoms with E-state index in [9.17, 15) is 24.0 Å². The molecule has 0 saturated carbocycles. The Balaban J connectivity index is 1.71. The highest BCUT2D eigenvalue weighted by Crippen LogP contribution is 2.25. The molecule has 0 bridgehead atoms. The molecule has 0 aliphatic carbocycles. The summed E-state index contributed by atoms with van der Waals surface area (Å²) >= 11 is 1.59. The lowest BCUT2D eigenvalue weighted by molar-refractivity contribution is -0.176. The van der Waals surface area contributed by atoms with Crippen LogP contribution in [-0.2, 0) is 25.6 Å². The van der Waals surface area contributed by atoms with E-state index in [0.29, 0.717) is 25.8 Å². The molecule has 2 aliphatic heterocycles. The maximum atomic E-state index is 13.5. The van der Waals surface area contributed by atoms with E-state index in [4.69, 9.17) is 5.53 Å². The van der Waals surface area contributed by atoms with Crippen molar-refractivity contribution in [3.63, 3.8) is 0 Å². The monoisotopic (exact) mass is 531 g/mol. The fourth-order valence-electron chi connectivity index (χ4n) is 4.50. The van der Waals surface area contributed by atoms with Crippen LogP contribution in [-0.4, -0.2) is 81.8 Å². The van der Waals surface area contributed by atoms with Gasteiger partial charge >= 0.3 is 12.2 Å². The molecule has 3 heterocycles. The van der Waals surface area contributed by atoms with Crippen LogP contribution >= 0.6 is 11.3 Å². The van der Waals surface area contributed by atoms with Crippen molar-refractivity contribution in [1.29, 1.82) is 0 Å². The molecule has 5 amide bonds. The second-order valence-electron chi connectivity index (χ2n) is 9.52. The van der Waals surface area contributed by atoms with Crippen LogP contribution in [0.3, 0.4) is 0 Å². The number of hydrogen-bond donors (Lipinski definition) is 3. The number of nitrogens with zero attached hydrogens (tertiary/aromatic N) is 4. The average molecular weight is 532 g/mol. The zero-order chi connectivity index (χ0) is 26.9. The molecule has 3 rings (SSSR count). The van der Waals surface area contributed by atoms with Crippen LogP contribution in [0.2, 0.25) is 0 Å². The van der Waals surface area contributed by atoms with Crippen LogP contribution in [0.4, 0.5) is 4.79 Å². The number of hydrazine groups is 1. The minimum Gasteiger partial charge on any atom is -0.361 e. The maximum absolute atomic E-state index is 13.5. The van der Waals surface area contributed by atoms with Gasteiger partial charge in [0.05, 0.1) is 6.04 Å². The first-order valence-corrected chi connectivity index (χ1v) is 13.3. The van der Waals surface area contributed by atoms with Crippen LogP contribution in [0.25, 0.3) is 5.53 Å². The molecule has 1 aromatic rings. The lowest BCUT2D eigenvalue weighted by Gasteiger charge is -2.43. The van der Waals surface area contributed by atoms with E-state index in [1.165, 1.54) is 5.01 Å². The van der Waals surface area contributed by atoms with Crippen molar-refractivity contribution in [2.45, 2.75) is 70.5 Å². The molecule has 1 unspecified atom stereocenters. The van der Waals surface area contributed by atoms with Gasteiger partial charge in [0.1, 0.15) is 12.1 Å². The molecule has 37 heavy (non-hydrogen) atoms. The van der Waals surface area contributed by atoms with Gasteiger partial charge in [0.15, 0.2) is 0 Å². The van der Waals surface area contributed by atoms with E-state index in [-0.39, 0.29) is 37.6 Å². The number of ketones is 1. The van der Waals surface area contributed by atoms with Gasteiger partial charge in [-0.25, -0.2) is 9.80 Å². The summed E-state index contributed by atoms with van der Waals surface area (Å²) in [5.41, 5.74) is 8.75. The molecule has 3 atom stereocenters. The lowest BCUT2D eigenvalue weighted by Crippen LogP contribution is -2.64. The highest BCUT2D eigenvalue weighted by atomic mass is 32.1. The standard InChI is InChI=1S/C24H33N7O5S/c1-15(2)13-18(20(32)14-27-25)28-22(34)19-6-3-11-30-21(33)8-7-17(23(35)31(19)30)29-24(36)26-10-9-16-5-4-12-37-16/h4-5,12,14-15,17-19H,3,6-11,13H2,1-2H3,(H,28,34)(H2,26,29,36)/t17?,18-,19-/m0/s1. The van der Waals surface area contributed by atoms with Crippen molar-refractivity contribution in [1.82, 2.24) is 26.0 Å². The van der Waals surface area contributed by atoms with Crippen molar-refractivity contribution < 1.29 is 28.8 Å². The molecule has 1 aromatic heterocycles. The fraction of sp³-hybridized carbons (Fsp3) is 0.583. The van der Waals surface area contributed by atoms with Crippen molar-refractivity contribution in [2.24, 2.45) is 5.92 Å². The summed E-state index contributed by atoms with van der Waals surface area (Å²) in [5, 5.41) is 12.4. The summed E-state index contributed by atoms with van der Waals surface area (Å²) in [6.07, 6.45) is 2.62. The van der Waals surface area contributed by atoms with Gasteiger partial charge in [0, 0.05) is 24.4 Å². The Morgan fingerprint density at radius 1 is 1.27 bits per heavy atom. The third-order valence-corrected chi connectivity index (χ3v) is 7.19. The average Bonchev–Trinajstić information content (AvgIpc) is 3.34. The lowest BCUT2D eigenvalue weighted by atomic mass is 9.99. The Bertz CT molecular complexity index is 1050. The fourth-order valence-corrected chi connectivity index (χ4v) is 5.21. The predicted molar refractivity (Wildman–Crippen MR) is 135 cm³/mol. The number of hydrogen-bond acceptors (Lipinski definition) is 6. The van der Waals surface area contributed by atoms with Gasteiger partial charge in [-0.2, -0.15) is 4.79 Å². The van der Waals surface area contributed by atoms with Gasteiger partial charge in [0.25, 0.3) is 11.7 Å². The highest BCUT2D eigenvalue weighted by Gasteiger charge is 2.45. The Kier molecular flexibility index (Phi) is 9.93. The quantitative estimate of drug-likeness (QED) is 0.231. The third kappa shape index (κ3) is 7.46. The van der Waals surface area contributed by atoms with Crippen LogP contribution in [0.1, 0.15) is 50.8 Å². The number of rotatable bonds is 10. The summed E-state index contributed by atoms with van der Waals surface area (Å²) in [6.45, 7) is 4.42. The van der Waals surface area contributed by atoms with Crippen LogP contribution < -0.4 is 16.0 Å². The van der Waals surface area contributed by atoms with E-state index in [1.807, 2.05) is 31.4 Å². The van der Waals surface area contributed by atoms with Gasteiger partial charge in [-0.15, -0.1) is 11.3 Å². The van der Waals surface area contributed by atoms with Crippen LogP contribution in [0.5, 0.6) is 0 Å². The summed E-state index contributed by atoms with van der Waals surface area (Å²) in [7, 11) is 0. The SMILES string of the molecule is CC(C)C[C@H](NC(=O)[C@@H]1CCCN2C(=O)CCC(NC(=O)NCCc3cccs3)C(=O)N12)C(=O)C=[N+]=[N-]. The zero-order valence-electron chi connectivity index (χ0n) is 21.0. The van der Waals surface area contributed by atoms with Crippen molar-refractivity contribution >= 4 is 47.1 Å². The van der Waals surface area contributed by atoms with E-state index in [1.54, 1.807) is 11.3 Å². The number of thiophene rings is 1. The second kappa shape index (κ2) is 13.1. The molecule has 12 nitrogen and oxygen atoms in total. The normalized spacial score (nSPS) is 20.4. The number of carbonyl (C=O) groups is 5. The van der Waals surface area contributed by atoms with E-state index < -0.39 is 41.8 Å². The first kappa shape index (κ1) is 28.0. The largest absolute Gasteiger partial charge is 0.361 e. The van der Waals surface area contributed by atoms with Crippen LogP contribution in [0, 0.1) is 5.92 Å². The molecule has 13 heteroatoms. The Morgan fingerprint density at radius 2 is 2.05 bits per heavy atom. The van der Waals surface area contributed by atoms with Gasteiger partial charge in [0.2, 0.25) is 11.8 Å². The van der Waals surface area contributed by atoms with E-state index >= 15 is 0 Å². The molecular weight excluding hydrogens is 498 g/mol. The molecule has 200 valence electrons. The second-order valence-corrected chi connectivity index (χ2v) is 10.5. The Morgan fingerprint density at radius 3 is 2.73 bits per heavy atom. The molecule has 2 saturated heterocycles. The third-order valence-electron chi connectivity index (χ3n) is 6.26. The topological polar surface area (TPSA) is 164 Å². The number of nitrogens with one attached hydrogen (secondary N) is 3. The van der Waals surface area contributed by atoms with Crippen molar-refractivity contribution in [2.75, 3.05) is 13.1 Å². The van der Waals surface area contributed by atoms with Gasteiger partial charge in [-0.05, 0) is 49.5 Å². The van der Waals surface area contributed by atoms with Gasteiger partial charge < -0.3 is 21.5 Å². The summed E-state index contributed by atoms with van der Waals surface area (Å²) in [4.78, 5) is 68.4. The van der Waals surface area contributed by atoms with Crippen molar-refractivity contribution in [3.8, 4) is 0 Å². The predicted octanol–water partition coefficient (Wildman–Crippen LogP) is 0.887. The number of urea groups is 1. The molecule has 3 N–H and O–H groups in total. The molecule has 0 aromatic carbocycles. The van der Waals surface area contributed by atoms with E-state index in [2.05, 4.69) is 20.7 Å². The molecule has 0 spiro atoms. The van der Waals surface area contributed by atoms with Gasteiger partial charge in [-0.1, -0.05) is 19.9 Å². The van der Waals surface area contributed by atoms with Crippen molar-refractivity contribution in [3.05, 3.63) is 27.9 Å². The smallest absolute Gasteiger partial charge is 0.325 e. The number of amides is 5. The molecule has 2 aliphatic rings. The summed E-state index contributed by atoms with van der Waals surface area (Å²) in [5.74, 6) is -1.97. The Hall–Kier alpha value is -3.57. The number of fused-ring (bicyclic) bond motifs is 1. The minimum absolute atomic E-state index is 0.0398. The van der Waals surface area contributed by atoms with Crippen LogP contribution in [0.15, 0.2) is 17.5 Å². The summed E-state index contributed by atoms with van der Waals surface area (Å²) < 4.78 is 0. The first-order chi connectivity index (χ1) is 17.7. The first-order valence-electron chi connectivity index (χ1n) is 12.4. The minimum atomic E-state index is -1.02. The highest BCUT2D eigenvalue weighted by molar-refractivity contribution is 7.09. The number of carbonyl (C=O) groups excluding carboxylic acids is 5. The molecule has 0 radical (unpaired) electrons. The molecule has 2 fully saturated rings. The maximum Gasteiger partial charge on any atom is 0.325 e. The zero-order valence-corrected chi connectivity index (χ0v) is 21.8.